The van der Waals surface area contributed by atoms with Gasteiger partial charge in [0.1, 0.15) is 17.9 Å². The summed E-state index contributed by atoms with van der Waals surface area (Å²) in [4.78, 5) is 23.2. The summed E-state index contributed by atoms with van der Waals surface area (Å²) in [5.41, 5.74) is 1.27. The molecular formula is C22H30N4O2. The number of carbonyl (C=O) groups is 1. The Kier molecular flexibility index (Phi) is 6.85. The molecule has 0 unspecified atom stereocenters. The lowest BCUT2D eigenvalue weighted by Crippen LogP contribution is -2.43. The van der Waals surface area contributed by atoms with E-state index in [-0.39, 0.29) is 17.9 Å². The molecule has 1 saturated heterocycles. The lowest BCUT2D eigenvalue weighted by atomic mass is 9.95. The fourth-order valence-electron chi connectivity index (χ4n) is 3.31. The largest absolute Gasteiger partial charge is 0.439 e. The van der Waals surface area contributed by atoms with E-state index in [4.69, 9.17) is 4.74 Å². The van der Waals surface area contributed by atoms with Gasteiger partial charge in [0, 0.05) is 31.1 Å². The zero-order valence-electron chi connectivity index (χ0n) is 17.0. The van der Waals surface area contributed by atoms with E-state index in [2.05, 4.69) is 46.2 Å². The van der Waals surface area contributed by atoms with Crippen molar-refractivity contribution in [1.82, 2.24) is 15.3 Å². The number of nitrogens with one attached hydrogen (secondary N) is 1. The Hall–Kier alpha value is -2.63. The smallest absolute Gasteiger partial charge is 0.224 e. The Morgan fingerprint density at radius 1 is 1.21 bits per heavy atom. The van der Waals surface area contributed by atoms with Gasteiger partial charge >= 0.3 is 0 Å². The van der Waals surface area contributed by atoms with Crippen molar-refractivity contribution in [3.8, 4) is 11.6 Å². The second kappa shape index (κ2) is 9.53. The van der Waals surface area contributed by atoms with Crippen molar-refractivity contribution in [2.75, 3.05) is 18.0 Å². The van der Waals surface area contributed by atoms with E-state index in [9.17, 15) is 4.79 Å². The van der Waals surface area contributed by atoms with Gasteiger partial charge < -0.3 is 15.0 Å². The van der Waals surface area contributed by atoms with E-state index in [1.165, 1.54) is 11.9 Å². The molecule has 0 radical (unpaired) electrons. The van der Waals surface area contributed by atoms with Crippen molar-refractivity contribution in [2.45, 2.75) is 52.5 Å². The summed E-state index contributed by atoms with van der Waals surface area (Å²) in [7, 11) is 0. The highest BCUT2D eigenvalue weighted by Crippen LogP contribution is 2.26. The van der Waals surface area contributed by atoms with Gasteiger partial charge in [-0.3, -0.25) is 4.79 Å². The Labute approximate surface area is 167 Å². The highest BCUT2D eigenvalue weighted by molar-refractivity contribution is 5.79. The van der Waals surface area contributed by atoms with Crippen molar-refractivity contribution in [1.29, 1.82) is 0 Å². The molecule has 1 aromatic heterocycles. The number of aromatic nitrogens is 2. The average Bonchev–Trinajstić information content (AvgIpc) is 2.74. The topological polar surface area (TPSA) is 67.3 Å². The third-order valence-corrected chi connectivity index (χ3v) is 5.37. The van der Waals surface area contributed by atoms with Gasteiger partial charge in [-0.25, -0.2) is 9.97 Å². The van der Waals surface area contributed by atoms with Gasteiger partial charge in [0.25, 0.3) is 0 Å². The minimum atomic E-state index is 0.0832. The summed E-state index contributed by atoms with van der Waals surface area (Å²) in [5.74, 6) is 2.40. The molecule has 2 aromatic rings. The number of hydrogen-bond acceptors (Lipinski definition) is 5. The first-order chi connectivity index (χ1) is 13.6. The number of benzene rings is 1. The monoisotopic (exact) mass is 382 g/mol. The molecule has 0 spiro atoms. The third-order valence-electron chi connectivity index (χ3n) is 5.37. The number of piperidine rings is 1. The quantitative estimate of drug-likeness (QED) is 0.785. The first kappa shape index (κ1) is 20.1. The van der Waals surface area contributed by atoms with Crippen molar-refractivity contribution in [2.24, 2.45) is 5.92 Å². The Morgan fingerprint density at radius 2 is 1.93 bits per heavy atom. The van der Waals surface area contributed by atoms with E-state index >= 15 is 0 Å². The number of anilines is 1. The van der Waals surface area contributed by atoms with Crippen LogP contribution in [-0.4, -0.2) is 35.0 Å². The third kappa shape index (κ3) is 5.21. The maximum Gasteiger partial charge on any atom is 0.224 e. The van der Waals surface area contributed by atoms with Crippen LogP contribution in [0, 0.1) is 5.92 Å². The van der Waals surface area contributed by atoms with Gasteiger partial charge in [0.15, 0.2) is 0 Å². The zero-order valence-corrected chi connectivity index (χ0v) is 17.0. The number of ether oxygens (including phenoxy) is 1. The summed E-state index contributed by atoms with van der Waals surface area (Å²) in [6, 6.07) is 10.1. The predicted molar refractivity (Wildman–Crippen MR) is 111 cm³/mol. The molecule has 150 valence electrons. The van der Waals surface area contributed by atoms with Crippen molar-refractivity contribution in [3.63, 3.8) is 0 Å². The SMILES string of the molecule is CCc1ccc(Oc2cc(N3CCC(C(=O)N[C@@H](C)CC)CC3)ncn2)cc1. The number of rotatable bonds is 7. The molecule has 3 rings (SSSR count). The Morgan fingerprint density at radius 3 is 2.57 bits per heavy atom. The van der Waals surface area contributed by atoms with E-state index in [1.54, 1.807) is 0 Å². The predicted octanol–water partition coefficient (Wildman–Crippen LogP) is 3.96. The van der Waals surface area contributed by atoms with E-state index < -0.39 is 0 Å². The molecule has 28 heavy (non-hydrogen) atoms. The second-order valence-electron chi connectivity index (χ2n) is 7.39. The summed E-state index contributed by atoms with van der Waals surface area (Å²) in [5, 5.41) is 3.10. The minimum absolute atomic E-state index is 0.0832. The molecule has 2 heterocycles. The molecule has 1 aliphatic rings. The van der Waals surface area contributed by atoms with Crippen LogP contribution in [0.5, 0.6) is 11.6 Å². The van der Waals surface area contributed by atoms with Crippen LogP contribution in [0.25, 0.3) is 0 Å². The molecular weight excluding hydrogens is 352 g/mol. The normalized spacial score (nSPS) is 15.9. The van der Waals surface area contributed by atoms with Gasteiger partial charge in [-0.1, -0.05) is 26.0 Å². The minimum Gasteiger partial charge on any atom is -0.439 e. The molecule has 0 bridgehead atoms. The number of aryl methyl sites for hydroxylation is 1. The molecule has 6 heteroatoms. The molecule has 0 aliphatic carbocycles. The standard InChI is InChI=1S/C22H30N4O2/c1-4-16(3)25-22(27)18-10-12-26(13-11-18)20-14-21(24-15-23-20)28-19-8-6-17(5-2)7-9-19/h6-9,14-16,18H,4-5,10-13H2,1-3H3,(H,25,27)/t16-/m0/s1. The van der Waals surface area contributed by atoms with Gasteiger partial charge in [0.05, 0.1) is 0 Å². The van der Waals surface area contributed by atoms with E-state index in [0.29, 0.717) is 5.88 Å². The first-order valence-corrected chi connectivity index (χ1v) is 10.2. The first-order valence-electron chi connectivity index (χ1n) is 10.2. The van der Waals surface area contributed by atoms with Crippen LogP contribution in [0.2, 0.25) is 0 Å². The van der Waals surface area contributed by atoms with Gasteiger partial charge in [-0.05, 0) is 50.3 Å². The molecule has 0 saturated carbocycles. The number of carbonyl (C=O) groups excluding carboxylic acids is 1. The Bertz CT molecular complexity index is 770. The lowest BCUT2D eigenvalue weighted by Gasteiger charge is -2.32. The molecule has 1 aromatic carbocycles. The van der Waals surface area contributed by atoms with Crippen molar-refractivity contribution >= 4 is 11.7 Å². The van der Waals surface area contributed by atoms with Crippen LogP contribution in [0.4, 0.5) is 5.82 Å². The zero-order chi connectivity index (χ0) is 19.9. The fraction of sp³-hybridized carbons (Fsp3) is 0.500. The highest BCUT2D eigenvalue weighted by Gasteiger charge is 2.26. The number of nitrogens with zero attached hydrogens (tertiary/aromatic N) is 3. The number of amides is 1. The molecule has 6 nitrogen and oxygen atoms in total. The molecule has 1 aliphatic heterocycles. The van der Waals surface area contributed by atoms with Crippen LogP contribution in [-0.2, 0) is 11.2 Å². The maximum atomic E-state index is 12.3. The van der Waals surface area contributed by atoms with E-state index in [1.807, 2.05) is 25.1 Å². The van der Waals surface area contributed by atoms with Crippen LogP contribution >= 0.6 is 0 Å². The summed E-state index contributed by atoms with van der Waals surface area (Å²) in [6.45, 7) is 7.87. The average molecular weight is 383 g/mol. The molecule has 1 amide bonds. The van der Waals surface area contributed by atoms with Crippen molar-refractivity contribution in [3.05, 3.63) is 42.2 Å². The van der Waals surface area contributed by atoms with Crippen molar-refractivity contribution < 1.29 is 9.53 Å². The molecule has 1 fully saturated rings. The van der Waals surface area contributed by atoms with Crippen LogP contribution in [0.15, 0.2) is 36.7 Å². The number of hydrogen-bond donors (Lipinski definition) is 1. The maximum absolute atomic E-state index is 12.3. The second-order valence-corrected chi connectivity index (χ2v) is 7.39. The van der Waals surface area contributed by atoms with Gasteiger partial charge in [0.2, 0.25) is 11.8 Å². The van der Waals surface area contributed by atoms with Gasteiger partial charge in [-0.2, -0.15) is 0 Å². The Balaban J connectivity index is 1.58. The van der Waals surface area contributed by atoms with Gasteiger partial charge in [-0.15, -0.1) is 0 Å². The lowest BCUT2D eigenvalue weighted by molar-refractivity contribution is -0.126. The summed E-state index contributed by atoms with van der Waals surface area (Å²) >= 11 is 0. The molecule has 1 atom stereocenters. The van der Waals surface area contributed by atoms with Crippen LogP contribution in [0.1, 0.15) is 45.6 Å². The molecule has 1 N–H and O–H groups in total. The van der Waals surface area contributed by atoms with Crippen LogP contribution in [0.3, 0.4) is 0 Å². The summed E-state index contributed by atoms with van der Waals surface area (Å²) in [6.07, 6.45) is 5.16. The van der Waals surface area contributed by atoms with E-state index in [0.717, 1.165) is 50.3 Å². The fourth-order valence-corrected chi connectivity index (χ4v) is 3.31. The van der Waals surface area contributed by atoms with Crippen LogP contribution < -0.4 is 15.0 Å². The summed E-state index contributed by atoms with van der Waals surface area (Å²) < 4.78 is 5.88. The highest BCUT2D eigenvalue weighted by atomic mass is 16.5.